The van der Waals surface area contributed by atoms with Gasteiger partial charge in [-0.15, -0.1) is 0 Å². The Morgan fingerprint density at radius 2 is 1.75 bits per heavy atom. The largest absolute Gasteiger partial charge is 0.466 e. The Hall–Kier alpha value is -0.550. The minimum absolute atomic E-state index is 0.304. The minimum atomic E-state index is -1.87. The maximum absolute atomic E-state index is 11.5. The molecule has 1 rings (SSSR count). The second kappa shape index (κ2) is 7.46. The molecule has 1 aromatic rings. The number of amides is 1. The molecule has 1 N–H and O–H groups in total. The van der Waals surface area contributed by atoms with Gasteiger partial charge in [-0.3, -0.25) is 5.32 Å². The molecule has 0 aliphatic carbocycles. The van der Waals surface area contributed by atoms with Crippen molar-refractivity contribution in [3.05, 3.63) is 29.3 Å². The zero-order valence-electron chi connectivity index (χ0n) is 10.7. The van der Waals surface area contributed by atoms with Crippen molar-refractivity contribution in [1.29, 1.82) is 0 Å². The van der Waals surface area contributed by atoms with Gasteiger partial charge in [0.1, 0.15) is 5.75 Å². The molecule has 1 amide bonds. The lowest BCUT2D eigenvalue weighted by Gasteiger charge is -2.26. The van der Waals surface area contributed by atoms with E-state index in [9.17, 15) is 4.79 Å². The zero-order valence-corrected chi connectivity index (χ0v) is 13.7. The maximum atomic E-state index is 11.5. The number of ether oxygens (including phenoxy) is 2. The number of hydrogen-bond donors (Lipinski definition) is 1. The lowest BCUT2D eigenvalue weighted by atomic mass is 10.3. The number of hydrogen-bond acceptors (Lipinski definition) is 3. The minimum Gasteiger partial charge on any atom is -0.466 e. The van der Waals surface area contributed by atoms with E-state index in [0.717, 1.165) is 0 Å². The molecule has 0 fully saturated rings. The van der Waals surface area contributed by atoms with Crippen LogP contribution in [0.4, 0.5) is 4.79 Å². The number of rotatable bonds is 4. The predicted molar refractivity (Wildman–Crippen MR) is 80.9 cm³/mol. The van der Waals surface area contributed by atoms with Gasteiger partial charge in [0, 0.05) is 5.02 Å². The normalized spacial score (nSPS) is 12.9. The maximum Gasteiger partial charge on any atom is 0.410 e. The number of carbonyl (C=O) groups excluding carboxylic acids is 1. The summed E-state index contributed by atoms with van der Waals surface area (Å²) in [5.41, 5.74) is 0. The highest BCUT2D eigenvalue weighted by Gasteiger charge is 2.36. The lowest BCUT2D eigenvalue weighted by Crippen LogP contribution is -2.48. The highest BCUT2D eigenvalue weighted by Crippen LogP contribution is 2.32. The van der Waals surface area contributed by atoms with Gasteiger partial charge in [0.2, 0.25) is 10.0 Å². The summed E-state index contributed by atoms with van der Waals surface area (Å²) in [7, 11) is 0. The molecule has 1 unspecified atom stereocenters. The number of alkyl halides is 3. The summed E-state index contributed by atoms with van der Waals surface area (Å²) in [5, 5.41) is 2.88. The molecule has 0 saturated heterocycles. The first-order chi connectivity index (χ1) is 9.18. The fourth-order valence-electron chi connectivity index (χ4n) is 1.18. The molecular formula is C12H13Cl4NO3. The molecule has 0 aliphatic heterocycles. The molecule has 0 bridgehead atoms. The smallest absolute Gasteiger partial charge is 0.410 e. The summed E-state index contributed by atoms with van der Waals surface area (Å²) in [6, 6.07) is 6.39. The van der Waals surface area contributed by atoms with Crippen LogP contribution in [-0.4, -0.2) is 22.2 Å². The topological polar surface area (TPSA) is 47.6 Å². The molecule has 112 valence electrons. The van der Waals surface area contributed by atoms with Crippen LogP contribution >= 0.6 is 46.4 Å². The standard InChI is InChI=1S/C12H13Cl4NO3/c1-7(2)19-11(18)17-10(12(14,15)16)20-9-5-3-8(13)4-6-9/h3-7,10H,1-2H3,(H,17,18). The third kappa shape index (κ3) is 6.27. The first kappa shape index (κ1) is 17.5. The first-order valence-corrected chi connectivity index (χ1v) is 7.15. The van der Waals surface area contributed by atoms with Crippen LogP contribution in [0, 0.1) is 0 Å². The number of carbonyl (C=O) groups is 1. The Labute approximate surface area is 137 Å². The van der Waals surface area contributed by atoms with Crippen molar-refractivity contribution >= 4 is 52.5 Å². The number of benzene rings is 1. The number of halogens is 4. The Balaban J connectivity index is 2.75. The van der Waals surface area contributed by atoms with Gasteiger partial charge in [0.25, 0.3) is 0 Å². The molecule has 0 spiro atoms. The van der Waals surface area contributed by atoms with E-state index in [1.54, 1.807) is 38.1 Å². The average molecular weight is 361 g/mol. The van der Waals surface area contributed by atoms with E-state index in [1.807, 2.05) is 0 Å². The predicted octanol–water partition coefficient (Wildman–Crippen LogP) is 4.55. The van der Waals surface area contributed by atoms with Gasteiger partial charge in [-0.1, -0.05) is 46.4 Å². The fourth-order valence-corrected chi connectivity index (χ4v) is 1.61. The highest BCUT2D eigenvalue weighted by atomic mass is 35.6. The molecule has 0 saturated carbocycles. The third-order valence-electron chi connectivity index (χ3n) is 1.96. The molecule has 4 nitrogen and oxygen atoms in total. The molecule has 0 heterocycles. The Bertz CT molecular complexity index is 445. The van der Waals surface area contributed by atoms with Crippen LogP contribution in [0.5, 0.6) is 5.75 Å². The van der Waals surface area contributed by atoms with Gasteiger partial charge in [0.05, 0.1) is 6.10 Å². The Morgan fingerprint density at radius 1 is 1.20 bits per heavy atom. The van der Waals surface area contributed by atoms with Crippen molar-refractivity contribution in [2.45, 2.75) is 30.0 Å². The third-order valence-corrected chi connectivity index (χ3v) is 2.80. The molecule has 1 aromatic carbocycles. The zero-order chi connectivity index (χ0) is 15.3. The summed E-state index contributed by atoms with van der Waals surface area (Å²) in [6.45, 7) is 3.40. The van der Waals surface area contributed by atoms with Crippen molar-refractivity contribution in [2.24, 2.45) is 0 Å². The fraction of sp³-hybridized carbons (Fsp3) is 0.417. The van der Waals surface area contributed by atoms with Gasteiger partial charge >= 0.3 is 6.09 Å². The van der Waals surface area contributed by atoms with E-state index in [1.165, 1.54) is 0 Å². The van der Waals surface area contributed by atoms with Crippen molar-refractivity contribution < 1.29 is 14.3 Å². The highest BCUT2D eigenvalue weighted by molar-refractivity contribution is 6.68. The summed E-state index contributed by atoms with van der Waals surface area (Å²) < 4.78 is 8.46. The molecule has 8 heteroatoms. The van der Waals surface area contributed by atoms with Crippen LogP contribution in [0.3, 0.4) is 0 Å². The number of alkyl carbamates (subject to hydrolysis) is 1. The van der Waals surface area contributed by atoms with Crippen LogP contribution in [-0.2, 0) is 4.74 Å². The van der Waals surface area contributed by atoms with E-state index in [2.05, 4.69) is 5.32 Å². The molecule has 0 radical (unpaired) electrons. The quantitative estimate of drug-likeness (QED) is 0.632. The van der Waals surface area contributed by atoms with Crippen molar-refractivity contribution in [3.8, 4) is 5.75 Å². The van der Waals surface area contributed by atoms with Gasteiger partial charge in [-0.2, -0.15) is 0 Å². The van der Waals surface area contributed by atoms with Crippen LogP contribution in [0.1, 0.15) is 13.8 Å². The molecule has 1 atom stereocenters. The average Bonchev–Trinajstić information content (AvgIpc) is 2.28. The lowest BCUT2D eigenvalue weighted by molar-refractivity contribution is 0.0899. The van der Waals surface area contributed by atoms with Gasteiger partial charge in [-0.05, 0) is 38.1 Å². The van der Waals surface area contributed by atoms with E-state index in [4.69, 9.17) is 55.9 Å². The summed E-state index contributed by atoms with van der Waals surface area (Å²) in [5.74, 6) is 0.385. The molecule has 0 aromatic heterocycles. The van der Waals surface area contributed by atoms with Crippen molar-refractivity contribution in [3.63, 3.8) is 0 Å². The monoisotopic (exact) mass is 359 g/mol. The van der Waals surface area contributed by atoms with E-state index < -0.39 is 16.1 Å². The van der Waals surface area contributed by atoms with Gasteiger partial charge < -0.3 is 9.47 Å². The second-order valence-electron chi connectivity index (χ2n) is 4.09. The summed E-state index contributed by atoms with van der Waals surface area (Å²) >= 11 is 23.1. The van der Waals surface area contributed by atoms with Gasteiger partial charge in [0.15, 0.2) is 0 Å². The van der Waals surface area contributed by atoms with E-state index >= 15 is 0 Å². The van der Waals surface area contributed by atoms with Crippen LogP contribution < -0.4 is 10.1 Å². The molecular weight excluding hydrogens is 348 g/mol. The van der Waals surface area contributed by atoms with Crippen LogP contribution in [0.15, 0.2) is 24.3 Å². The van der Waals surface area contributed by atoms with E-state index in [-0.39, 0.29) is 6.10 Å². The van der Waals surface area contributed by atoms with Gasteiger partial charge in [-0.25, -0.2) is 4.79 Å². The SMILES string of the molecule is CC(C)OC(=O)NC(Oc1ccc(Cl)cc1)C(Cl)(Cl)Cl. The second-order valence-corrected chi connectivity index (χ2v) is 6.90. The van der Waals surface area contributed by atoms with Crippen LogP contribution in [0.25, 0.3) is 0 Å². The van der Waals surface area contributed by atoms with Crippen molar-refractivity contribution in [2.75, 3.05) is 0 Å². The van der Waals surface area contributed by atoms with Crippen LogP contribution in [0.2, 0.25) is 5.02 Å². The Morgan fingerprint density at radius 3 is 2.20 bits per heavy atom. The number of nitrogens with one attached hydrogen (secondary N) is 1. The van der Waals surface area contributed by atoms with Crippen molar-refractivity contribution in [1.82, 2.24) is 5.32 Å². The first-order valence-electron chi connectivity index (χ1n) is 5.64. The molecule has 0 aliphatic rings. The van der Waals surface area contributed by atoms with E-state index in [0.29, 0.717) is 10.8 Å². The summed E-state index contributed by atoms with van der Waals surface area (Å²) in [4.78, 5) is 11.5. The summed E-state index contributed by atoms with van der Waals surface area (Å²) in [6.07, 6.45) is -2.26. The Kier molecular flexibility index (Phi) is 6.52. The molecule has 20 heavy (non-hydrogen) atoms.